The van der Waals surface area contributed by atoms with Gasteiger partial charge >= 0.3 is 5.82 Å². The van der Waals surface area contributed by atoms with Crippen molar-refractivity contribution in [1.82, 2.24) is 9.78 Å². The summed E-state index contributed by atoms with van der Waals surface area (Å²) in [5.74, 6) is -9.78. The second kappa shape index (κ2) is 6.97. The molecule has 0 unspecified atom stereocenters. The van der Waals surface area contributed by atoms with Crippen molar-refractivity contribution in [2.75, 3.05) is 0 Å². The molecule has 4 nitrogen and oxygen atoms in total. The molecule has 1 aliphatic rings. The predicted molar refractivity (Wildman–Crippen MR) is 87.0 cm³/mol. The highest BCUT2D eigenvalue weighted by atomic mass is 19.2. The van der Waals surface area contributed by atoms with E-state index in [-0.39, 0.29) is 12.7 Å². The van der Waals surface area contributed by atoms with Gasteiger partial charge in [-0.05, 0) is 18.1 Å². The number of halogens is 5. The molecule has 1 aromatic heterocycles. The van der Waals surface area contributed by atoms with Gasteiger partial charge in [0.2, 0.25) is 41.1 Å². The molecular formula is C19H15F5N3O+. The first kappa shape index (κ1) is 18.5. The lowest BCUT2D eigenvalue weighted by atomic mass is 10.0. The smallest absolute Gasteiger partial charge is 0.303 e. The maximum absolute atomic E-state index is 14.0. The first-order valence-corrected chi connectivity index (χ1v) is 8.52. The zero-order valence-electron chi connectivity index (χ0n) is 14.7. The molecule has 0 spiro atoms. The number of nitrogens with zero attached hydrogens (tertiary/aromatic N) is 3. The third kappa shape index (κ3) is 3.05. The first-order chi connectivity index (χ1) is 13.4. The van der Waals surface area contributed by atoms with E-state index in [1.807, 2.05) is 31.2 Å². The second-order valence-electron chi connectivity index (χ2n) is 6.61. The van der Waals surface area contributed by atoms with Crippen LogP contribution in [-0.4, -0.2) is 15.9 Å². The minimum atomic E-state index is -2.20. The molecule has 1 aliphatic heterocycles. The molecule has 146 valence electrons. The number of benzene rings is 2. The summed E-state index contributed by atoms with van der Waals surface area (Å²) >= 11 is 0. The lowest BCUT2D eigenvalue weighted by Gasteiger charge is -2.20. The minimum absolute atomic E-state index is 0.0545. The highest BCUT2D eigenvalue weighted by Gasteiger charge is 2.34. The SMILES string of the molecule is Cc1ccccc1C[C@H]1C[n+]2cn(-c3c(F)c(F)c(F)c(F)c3F)nc2CO1. The molecule has 28 heavy (non-hydrogen) atoms. The van der Waals surface area contributed by atoms with Crippen LogP contribution in [0.3, 0.4) is 0 Å². The first-order valence-electron chi connectivity index (χ1n) is 8.52. The molecule has 0 aliphatic carbocycles. The van der Waals surface area contributed by atoms with E-state index in [1.165, 1.54) is 6.33 Å². The molecule has 0 saturated carbocycles. The largest absolute Gasteiger partial charge is 0.363 e. The summed E-state index contributed by atoms with van der Waals surface area (Å²) in [6.45, 7) is 2.37. The fourth-order valence-electron chi connectivity index (χ4n) is 3.25. The molecule has 0 saturated heterocycles. The molecule has 0 N–H and O–H groups in total. The number of ether oxygens (including phenoxy) is 1. The van der Waals surface area contributed by atoms with Crippen molar-refractivity contribution in [3.8, 4) is 5.69 Å². The van der Waals surface area contributed by atoms with Crippen molar-refractivity contribution in [2.45, 2.75) is 32.6 Å². The van der Waals surface area contributed by atoms with Gasteiger partial charge in [0.25, 0.3) is 0 Å². The standard InChI is InChI=1S/C19H15F5N3O/c1-10-4-2-3-5-11(10)6-12-7-26-9-27(25-13(26)8-28-12)19-17(23)15(21)14(20)16(22)18(19)24/h2-5,9,12H,6-8H2,1H3/q+1/t12-/m0/s1. The number of rotatable bonds is 3. The van der Waals surface area contributed by atoms with Gasteiger partial charge in [-0.1, -0.05) is 28.9 Å². The molecule has 0 amide bonds. The lowest BCUT2D eigenvalue weighted by molar-refractivity contribution is -0.724. The zero-order chi connectivity index (χ0) is 20.0. The zero-order valence-corrected chi connectivity index (χ0v) is 14.7. The van der Waals surface area contributed by atoms with Gasteiger partial charge in [0.15, 0.2) is 0 Å². The topological polar surface area (TPSA) is 30.9 Å². The second-order valence-corrected chi connectivity index (χ2v) is 6.61. The fourth-order valence-corrected chi connectivity index (χ4v) is 3.25. The summed E-state index contributed by atoms with van der Waals surface area (Å²) in [7, 11) is 0. The monoisotopic (exact) mass is 396 g/mol. The number of hydrogen-bond donors (Lipinski definition) is 0. The van der Waals surface area contributed by atoms with Crippen LogP contribution < -0.4 is 4.57 Å². The molecule has 0 radical (unpaired) electrons. The van der Waals surface area contributed by atoms with Crippen LogP contribution in [0.2, 0.25) is 0 Å². The van der Waals surface area contributed by atoms with Crippen molar-refractivity contribution in [3.05, 3.63) is 76.6 Å². The van der Waals surface area contributed by atoms with Crippen molar-refractivity contribution in [2.24, 2.45) is 0 Å². The lowest BCUT2D eigenvalue weighted by Crippen LogP contribution is -2.48. The third-order valence-electron chi connectivity index (χ3n) is 4.78. The van der Waals surface area contributed by atoms with Gasteiger partial charge in [-0.15, -0.1) is 0 Å². The summed E-state index contributed by atoms with van der Waals surface area (Å²) in [4.78, 5) is 0. The Kier molecular flexibility index (Phi) is 4.62. The molecule has 0 fully saturated rings. The van der Waals surface area contributed by atoms with Crippen LogP contribution >= 0.6 is 0 Å². The normalized spacial score (nSPS) is 16.3. The van der Waals surface area contributed by atoms with Crippen LogP contribution in [0.15, 0.2) is 30.6 Å². The summed E-state index contributed by atoms with van der Waals surface area (Å²) in [6.07, 6.45) is 1.61. The quantitative estimate of drug-likeness (QED) is 0.294. The van der Waals surface area contributed by atoms with Gasteiger partial charge in [0.1, 0.15) is 6.61 Å². The van der Waals surface area contributed by atoms with E-state index >= 15 is 0 Å². The molecule has 4 rings (SSSR count). The summed E-state index contributed by atoms with van der Waals surface area (Å²) in [6, 6.07) is 7.82. The predicted octanol–water partition coefficient (Wildman–Crippen LogP) is 3.31. The molecular weight excluding hydrogens is 381 g/mol. The molecule has 0 bridgehead atoms. The van der Waals surface area contributed by atoms with E-state index in [0.29, 0.717) is 23.5 Å². The Morgan fingerprint density at radius 1 is 1.04 bits per heavy atom. The van der Waals surface area contributed by atoms with Crippen LogP contribution in [0, 0.1) is 36.0 Å². The van der Waals surface area contributed by atoms with Gasteiger partial charge in [0, 0.05) is 11.5 Å². The molecule has 1 atom stereocenters. The van der Waals surface area contributed by atoms with Crippen molar-refractivity contribution >= 4 is 0 Å². The van der Waals surface area contributed by atoms with E-state index in [2.05, 4.69) is 5.10 Å². The summed E-state index contributed by atoms with van der Waals surface area (Å²) in [5.41, 5.74) is 1.09. The van der Waals surface area contributed by atoms with Gasteiger partial charge < -0.3 is 4.74 Å². The van der Waals surface area contributed by atoms with Crippen molar-refractivity contribution in [1.29, 1.82) is 0 Å². The number of hydrogen-bond acceptors (Lipinski definition) is 2. The van der Waals surface area contributed by atoms with Gasteiger partial charge in [0.05, 0.1) is 12.6 Å². The average molecular weight is 396 g/mol. The fraction of sp³-hybridized carbons (Fsp3) is 0.263. The van der Waals surface area contributed by atoms with Crippen LogP contribution in [0.4, 0.5) is 22.0 Å². The van der Waals surface area contributed by atoms with Crippen LogP contribution in [0.1, 0.15) is 17.0 Å². The van der Waals surface area contributed by atoms with Crippen molar-refractivity contribution in [3.63, 3.8) is 0 Å². The van der Waals surface area contributed by atoms with E-state index in [1.54, 1.807) is 4.57 Å². The highest BCUT2D eigenvalue weighted by molar-refractivity contribution is 5.36. The Hall–Kier alpha value is -2.81. The molecule has 9 heteroatoms. The third-order valence-corrected chi connectivity index (χ3v) is 4.78. The van der Waals surface area contributed by atoms with E-state index in [0.717, 1.165) is 11.1 Å². The highest BCUT2D eigenvalue weighted by Crippen LogP contribution is 2.25. The van der Waals surface area contributed by atoms with Gasteiger partial charge in [-0.2, -0.15) is 8.78 Å². The number of aryl methyl sites for hydroxylation is 1. The van der Waals surface area contributed by atoms with Gasteiger partial charge in [-0.25, -0.2) is 17.7 Å². The Labute approximate surface area is 156 Å². The molecule has 2 aromatic carbocycles. The molecule has 3 aromatic rings. The number of aromatic nitrogens is 3. The Balaban J connectivity index is 1.65. The van der Waals surface area contributed by atoms with E-state index < -0.39 is 34.8 Å². The average Bonchev–Trinajstić information content (AvgIpc) is 3.09. The molecule has 2 heterocycles. The van der Waals surface area contributed by atoms with Gasteiger partial charge in [-0.3, -0.25) is 0 Å². The van der Waals surface area contributed by atoms with Crippen LogP contribution in [-0.2, 0) is 24.3 Å². The Morgan fingerprint density at radius 3 is 2.36 bits per heavy atom. The minimum Gasteiger partial charge on any atom is -0.363 e. The van der Waals surface area contributed by atoms with Crippen LogP contribution in [0.25, 0.3) is 5.69 Å². The van der Waals surface area contributed by atoms with Crippen molar-refractivity contribution < 1.29 is 31.3 Å². The Bertz CT molecular complexity index is 1040. The number of fused-ring (bicyclic) bond motifs is 1. The summed E-state index contributed by atoms with van der Waals surface area (Å²) in [5, 5.41) is 3.93. The van der Waals surface area contributed by atoms with Crippen LogP contribution in [0.5, 0.6) is 0 Å². The van der Waals surface area contributed by atoms with E-state index in [9.17, 15) is 22.0 Å². The maximum atomic E-state index is 14.0. The maximum Gasteiger partial charge on any atom is 0.303 e. The van der Waals surface area contributed by atoms with E-state index in [4.69, 9.17) is 4.74 Å². The Morgan fingerprint density at radius 2 is 1.68 bits per heavy atom. The summed E-state index contributed by atoms with van der Waals surface area (Å²) < 4.78 is 76.3.